The molecule has 21 heavy (non-hydrogen) atoms. The predicted molar refractivity (Wildman–Crippen MR) is 79.8 cm³/mol. The van der Waals surface area contributed by atoms with E-state index in [1.807, 2.05) is 6.26 Å². The van der Waals surface area contributed by atoms with Gasteiger partial charge < -0.3 is 4.52 Å². The molecule has 0 aliphatic heterocycles. The van der Waals surface area contributed by atoms with Crippen LogP contribution in [-0.2, 0) is 0 Å². The highest BCUT2D eigenvalue weighted by molar-refractivity contribution is 8.00. The summed E-state index contributed by atoms with van der Waals surface area (Å²) in [4.78, 5) is 16.3. The molecule has 1 aliphatic rings. The summed E-state index contributed by atoms with van der Waals surface area (Å²) in [5.41, 5.74) is 0. The monoisotopic (exact) mass is 325 g/mol. The van der Waals surface area contributed by atoms with Crippen LogP contribution in [0, 0.1) is 0 Å². The van der Waals surface area contributed by atoms with E-state index >= 15 is 0 Å². The van der Waals surface area contributed by atoms with E-state index < -0.39 is 5.91 Å². The van der Waals surface area contributed by atoms with Gasteiger partial charge in [0.25, 0.3) is 0 Å². The van der Waals surface area contributed by atoms with Crippen LogP contribution >= 0.6 is 23.1 Å². The van der Waals surface area contributed by atoms with Crippen molar-refractivity contribution in [1.82, 2.24) is 20.3 Å². The molecule has 1 aliphatic carbocycles. The number of nitrogens with one attached hydrogen (secondary N) is 1. The smallest absolute Gasteiger partial charge is 0.316 e. The molecule has 3 rings (SSSR count). The normalized spacial score (nSPS) is 16.0. The number of hydrogen-bond donors (Lipinski definition) is 1. The van der Waals surface area contributed by atoms with Gasteiger partial charge in [0.2, 0.25) is 5.13 Å². The quantitative estimate of drug-likeness (QED) is 0.682. The SMILES string of the molecule is CSc1nnc(NC(=O)c2nc(C3CCCCC3)no2)s1. The lowest BCUT2D eigenvalue weighted by atomic mass is 9.89. The topological polar surface area (TPSA) is 93.8 Å². The van der Waals surface area contributed by atoms with Crippen molar-refractivity contribution < 1.29 is 9.32 Å². The molecule has 1 fully saturated rings. The molecule has 1 N–H and O–H groups in total. The van der Waals surface area contributed by atoms with Crippen LogP contribution in [0.15, 0.2) is 8.86 Å². The van der Waals surface area contributed by atoms with Crippen molar-refractivity contribution in [2.24, 2.45) is 0 Å². The molecule has 0 unspecified atom stereocenters. The lowest BCUT2D eigenvalue weighted by Crippen LogP contribution is -2.13. The largest absolute Gasteiger partial charge is 0.329 e. The van der Waals surface area contributed by atoms with Crippen molar-refractivity contribution in [2.45, 2.75) is 42.4 Å². The Labute approximate surface area is 129 Å². The molecular formula is C12H15N5O2S2. The lowest BCUT2D eigenvalue weighted by Gasteiger charge is -2.17. The highest BCUT2D eigenvalue weighted by Gasteiger charge is 2.23. The third-order valence-electron chi connectivity index (χ3n) is 3.41. The third-order valence-corrected chi connectivity index (χ3v) is 5.22. The maximum absolute atomic E-state index is 12.0. The summed E-state index contributed by atoms with van der Waals surface area (Å²) in [6, 6.07) is 0. The molecule has 1 saturated carbocycles. The first-order chi connectivity index (χ1) is 10.3. The Morgan fingerprint density at radius 1 is 1.33 bits per heavy atom. The Balaban J connectivity index is 1.66. The Bertz CT molecular complexity index is 621. The summed E-state index contributed by atoms with van der Waals surface area (Å²) in [5.74, 6) is 0.500. The molecule has 0 bridgehead atoms. The fourth-order valence-electron chi connectivity index (χ4n) is 2.35. The molecular weight excluding hydrogens is 310 g/mol. The van der Waals surface area contributed by atoms with Gasteiger partial charge in [0.05, 0.1) is 0 Å². The second kappa shape index (κ2) is 6.52. The Morgan fingerprint density at radius 3 is 2.86 bits per heavy atom. The van der Waals surface area contributed by atoms with Gasteiger partial charge in [0.1, 0.15) is 0 Å². The molecule has 0 atom stereocenters. The van der Waals surface area contributed by atoms with Crippen LogP contribution in [0.25, 0.3) is 0 Å². The number of amides is 1. The van der Waals surface area contributed by atoms with E-state index in [0.717, 1.165) is 17.2 Å². The first kappa shape index (κ1) is 14.5. The van der Waals surface area contributed by atoms with E-state index in [9.17, 15) is 4.79 Å². The van der Waals surface area contributed by atoms with Crippen LogP contribution in [0.1, 0.15) is 54.5 Å². The number of nitrogens with zero attached hydrogens (tertiary/aromatic N) is 4. The maximum atomic E-state index is 12.0. The van der Waals surface area contributed by atoms with Crippen molar-refractivity contribution >= 4 is 34.1 Å². The molecule has 2 aromatic heterocycles. The number of thioether (sulfide) groups is 1. The van der Waals surface area contributed by atoms with E-state index in [4.69, 9.17) is 4.52 Å². The van der Waals surface area contributed by atoms with Gasteiger partial charge in [-0.3, -0.25) is 10.1 Å². The third kappa shape index (κ3) is 3.41. The summed E-state index contributed by atoms with van der Waals surface area (Å²) in [5, 5.41) is 14.8. The minimum atomic E-state index is -0.437. The van der Waals surface area contributed by atoms with E-state index in [-0.39, 0.29) is 5.89 Å². The number of rotatable bonds is 4. The zero-order valence-corrected chi connectivity index (χ0v) is 13.2. The van der Waals surface area contributed by atoms with E-state index in [1.54, 1.807) is 0 Å². The van der Waals surface area contributed by atoms with E-state index in [1.165, 1.54) is 42.4 Å². The Hall–Kier alpha value is -1.48. The summed E-state index contributed by atoms with van der Waals surface area (Å²) >= 11 is 2.79. The Kier molecular flexibility index (Phi) is 4.49. The number of aromatic nitrogens is 4. The Morgan fingerprint density at radius 2 is 2.14 bits per heavy atom. The minimum Gasteiger partial charge on any atom is -0.329 e. The lowest BCUT2D eigenvalue weighted by molar-refractivity contribution is 0.0981. The second-order valence-electron chi connectivity index (χ2n) is 4.82. The standard InChI is InChI=1S/C12H15N5O2S2/c1-20-12-16-15-11(21-12)14-9(18)10-13-8(17-19-10)7-5-3-2-4-6-7/h7H,2-6H2,1H3,(H,14,15,18). The van der Waals surface area contributed by atoms with Gasteiger partial charge in [-0.05, 0) is 19.1 Å². The van der Waals surface area contributed by atoms with Gasteiger partial charge in [0.15, 0.2) is 10.2 Å². The van der Waals surface area contributed by atoms with Gasteiger partial charge >= 0.3 is 11.8 Å². The molecule has 0 aromatic carbocycles. The number of carbonyl (C=O) groups excluding carboxylic acids is 1. The van der Waals surface area contributed by atoms with E-state index in [0.29, 0.717) is 16.9 Å². The molecule has 0 saturated heterocycles. The molecule has 9 heteroatoms. The van der Waals surface area contributed by atoms with Gasteiger partial charge in [-0.1, -0.05) is 47.5 Å². The van der Waals surface area contributed by atoms with Crippen LogP contribution in [-0.4, -0.2) is 32.5 Å². The highest BCUT2D eigenvalue weighted by Crippen LogP contribution is 2.31. The van der Waals surface area contributed by atoms with Gasteiger partial charge in [-0.25, -0.2) is 0 Å². The maximum Gasteiger partial charge on any atom is 0.316 e. The molecule has 2 heterocycles. The van der Waals surface area contributed by atoms with Gasteiger partial charge in [-0.2, -0.15) is 4.98 Å². The molecule has 7 nitrogen and oxygen atoms in total. The zero-order chi connectivity index (χ0) is 14.7. The number of carbonyl (C=O) groups is 1. The first-order valence-electron chi connectivity index (χ1n) is 6.78. The highest BCUT2D eigenvalue weighted by atomic mass is 32.2. The minimum absolute atomic E-state index is 0.0172. The van der Waals surface area contributed by atoms with Crippen molar-refractivity contribution in [1.29, 1.82) is 0 Å². The fourth-order valence-corrected chi connectivity index (χ4v) is 3.51. The first-order valence-corrected chi connectivity index (χ1v) is 8.83. The van der Waals surface area contributed by atoms with Crippen LogP contribution in [0.3, 0.4) is 0 Å². The van der Waals surface area contributed by atoms with Gasteiger partial charge in [0, 0.05) is 5.92 Å². The van der Waals surface area contributed by atoms with Crippen molar-refractivity contribution in [3.8, 4) is 0 Å². The van der Waals surface area contributed by atoms with Crippen molar-refractivity contribution in [3.63, 3.8) is 0 Å². The molecule has 0 radical (unpaired) electrons. The zero-order valence-electron chi connectivity index (χ0n) is 11.5. The summed E-state index contributed by atoms with van der Waals surface area (Å²) in [6.45, 7) is 0. The second-order valence-corrected chi connectivity index (χ2v) is 6.85. The molecule has 112 valence electrons. The van der Waals surface area contributed by atoms with Gasteiger partial charge in [-0.15, -0.1) is 10.2 Å². The van der Waals surface area contributed by atoms with Crippen molar-refractivity contribution in [2.75, 3.05) is 11.6 Å². The van der Waals surface area contributed by atoms with Crippen LogP contribution in [0.5, 0.6) is 0 Å². The predicted octanol–water partition coefficient (Wildman–Crippen LogP) is 2.94. The summed E-state index contributed by atoms with van der Waals surface area (Å²) < 4.78 is 5.85. The number of anilines is 1. The summed E-state index contributed by atoms with van der Waals surface area (Å²) in [7, 11) is 0. The summed E-state index contributed by atoms with van der Waals surface area (Å²) in [6.07, 6.45) is 7.66. The average molecular weight is 325 g/mol. The number of hydrogen-bond acceptors (Lipinski definition) is 8. The van der Waals surface area contributed by atoms with E-state index in [2.05, 4.69) is 25.7 Å². The van der Waals surface area contributed by atoms with Crippen LogP contribution in [0.4, 0.5) is 5.13 Å². The van der Waals surface area contributed by atoms with Crippen LogP contribution < -0.4 is 5.32 Å². The fraction of sp³-hybridized carbons (Fsp3) is 0.583. The molecule has 2 aromatic rings. The molecule has 1 amide bonds. The average Bonchev–Trinajstić information content (AvgIpc) is 3.17. The van der Waals surface area contributed by atoms with Crippen molar-refractivity contribution in [3.05, 3.63) is 11.7 Å². The van der Waals surface area contributed by atoms with Crippen LogP contribution in [0.2, 0.25) is 0 Å². The molecule has 0 spiro atoms.